The molecule has 0 atom stereocenters. The van der Waals surface area contributed by atoms with E-state index in [0.717, 1.165) is 36.9 Å². The van der Waals surface area contributed by atoms with Crippen molar-refractivity contribution in [2.75, 3.05) is 19.8 Å². The molecule has 0 saturated heterocycles. The predicted octanol–water partition coefficient (Wildman–Crippen LogP) is 3.30. The molecule has 4 heteroatoms. The van der Waals surface area contributed by atoms with Gasteiger partial charge in [-0.15, -0.1) is 0 Å². The fraction of sp³-hybridized carbons (Fsp3) is 0.562. The normalized spacial score (nSPS) is 14.8. The third kappa shape index (κ3) is 4.76. The molecular weight excluding hydrogens is 270 g/mol. The molecular formula is C16H23NO2S. The molecule has 0 heterocycles. The SMILES string of the molecule is NC(=S)c1ccccc1OCCCOCCC1CCC1. The minimum Gasteiger partial charge on any atom is -0.493 e. The number of rotatable bonds is 9. The lowest BCUT2D eigenvalue weighted by molar-refractivity contribution is 0.0961. The first-order chi connectivity index (χ1) is 9.77. The molecule has 1 aliphatic carbocycles. The Kier molecular flexibility index (Phi) is 6.27. The van der Waals surface area contributed by atoms with Crippen molar-refractivity contribution < 1.29 is 9.47 Å². The highest BCUT2D eigenvalue weighted by Gasteiger charge is 2.16. The van der Waals surface area contributed by atoms with Crippen LogP contribution in [0.3, 0.4) is 0 Å². The maximum Gasteiger partial charge on any atom is 0.129 e. The Bertz CT molecular complexity index is 432. The van der Waals surface area contributed by atoms with Gasteiger partial charge >= 0.3 is 0 Å². The van der Waals surface area contributed by atoms with Crippen molar-refractivity contribution in [3.8, 4) is 5.75 Å². The second-order valence-corrected chi connectivity index (χ2v) is 5.70. The number of thiocarbonyl (C=S) groups is 1. The molecule has 0 radical (unpaired) electrons. The van der Waals surface area contributed by atoms with Gasteiger partial charge in [-0.05, 0) is 24.5 Å². The molecule has 1 aromatic carbocycles. The minimum atomic E-state index is 0.373. The molecule has 2 rings (SSSR count). The Balaban J connectivity index is 1.57. The Morgan fingerprint density at radius 3 is 2.70 bits per heavy atom. The van der Waals surface area contributed by atoms with Gasteiger partial charge in [0.05, 0.1) is 12.2 Å². The second kappa shape index (κ2) is 8.22. The zero-order valence-corrected chi connectivity index (χ0v) is 12.7. The fourth-order valence-corrected chi connectivity index (χ4v) is 2.44. The van der Waals surface area contributed by atoms with E-state index in [1.54, 1.807) is 0 Å². The van der Waals surface area contributed by atoms with Crippen molar-refractivity contribution in [3.63, 3.8) is 0 Å². The number of benzene rings is 1. The highest BCUT2D eigenvalue weighted by Crippen LogP contribution is 2.29. The van der Waals surface area contributed by atoms with E-state index in [1.165, 1.54) is 25.7 Å². The Morgan fingerprint density at radius 1 is 1.20 bits per heavy atom. The number of para-hydroxylation sites is 1. The van der Waals surface area contributed by atoms with Crippen LogP contribution in [0, 0.1) is 5.92 Å². The van der Waals surface area contributed by atoms with Gasteiger partial charge in [-0.2, -0.15) is 0 Å². The van der Waals surface area contributed by atoms with Crippen LogP contribution < -0.4 is 10.5 Å². The molecule has 110 valence electrons. The van der Waals surface area contributed by atoms with E-state index in [4.69, 9.17) is 27.4 Å². The average Bonchev–Trinajstić information content (AvgIpc) is 2.40. The van der Waals surface area contributed by atoms with Gasteiger partial charge in [0.15, 0.2) is 0 Å². The van der Waals surface area contributed by atoms with Crippen molar-refractivity contribution >= 4 is 17.2 Å². The highest BCUT2D eigenvalue weighted by atomic mass is 32.1. The van der Waals surface area contributed by atoms with Gasteiger partial charge in [-0.25, -0.2) is 0 Å². The van der Waals surface area contributed by atoms with E-state index in [-0.39, 0.29) is 0 Å². The topological polar surface area (TPSA) is 44.5 Å². The number of ether oxygens (including phenoxy) is 2. The van der Waals surface area contributed by atoms with E-state index >= 15 is 0 Å². The van der Waals surface area contributed by atoms with E-state index in [1.807, 2.05) is 24.3 Å². The van der Waals surface area contributed by atoms with Crippen LogP contribution in [0.5, 0.6) is 5.75 Å². The average molecular weight is 293 g/mol. The molecule has 20 heavy (non-hydrogen) atoms. The van der Waals surface area contributed by atoms with Crippen LogP contribution in [0.25, 0.3) is 0 Å². The van der Waals surface area contributed by atoms with Crippen molar-refractivity contribution in [2.24, 2.45) is 11.7 Å². The van der Waals surface area contributed by atoms with Gasteiger partial charge < -0.3 is 15.2 Å². The summed E-state index contributed by atoms with van der Waals surface area (Å²) in [5.41, 5.74) is 6.46. The van der Waals surface area contributed by atoms with Gasteiger partial charge in [0.2, 0.25) is 0 Å². The van der Waals surface area contributed by atoms with Crippen LogP contribution in [0.2, 0.25) is 0 Å². The number of nitrogens with two attached hydrogens (primary N) is 1. The molecule has 1 saturated carbocycles. The number of hydrogen-bond donors (Lipinski definition) is 1. The molecule has 1 fully saturated rings. The minimum absolute atomic E-state index is 0.373. The first kappa shape index (κ1) is 15.3. The van der Waals surface area contributed by atoms with Crippen LogP contribution in [-0.2, 0) is 4.74 Å². The molecule has 3 nitrogen and oxygen atoms in total. The lowest BCUT2D eigenvalue weighted by Crippen LogP contribution is -2.14. The van der Waals surface area contributed by atoms with Crippen LogP contribution in [-0.4, -0.2) is 24.8 Å². The largest absolute Gasteiger partial charge is 0.493 e. The molecule has 0 aliphatic heterocycles. The van der Waals surface area contributed by atoms with Crippen molar-refractivity contribution in [3.05, 3.63) is 29.8 Å². The van der Waals surface area contributed by atoms with Crippen LogP contribution in [0.1, 0.15) is 37.7 Å². The van der Waals surface area contributed by atoms with E-state index < -0.39 is 0 Å². The standard InChI is InChI=1S/C16H23NO2S/c17-16(20)14-7-1-2-8-15(14)19-11-4-10-18-12-9-13-5-3-6-13/h1-2,7-8,13H,3-6,9-12H2,(H2,17,20). The monoisotopic (exact) mass is 293 g/mol. The third-order valence-electron chi connectivity index (χ3n) is 3.74. The summed E-state index contributed by atoms with van der Waals surface area (Å²) in [5.74, 6) is 1.68. The Morgan fingerprint density at radius 2 is 2.00 bits per heavy atom. The van der Waals surface area contributed by atoms with Crippen LogP contribution >= 0.6 is 12.2 Å². The summed E-state index contributed by atoms with van der Waals surface area (Å²) in [6.07, 6.45) is 6.28. The summed E-state index contributed by atoms with van der Waals surface area (Å²) >= 11 is 5.00. The van der Waals surface area contributed by atoms with Gasteiger partial charge in [-0.1, -0.05) is 43.6 Å². The van der Waals surface area contributed by atoms with Crippen LogP contribution in [0.4, 0.5) is 0 Å². The summed E-state index contributed by atoms with van der Waals surface area (Å²) in [6.45, 7) is 2.26. The molecule has 0 bridgehead atoms. The first-order valence-electron chi connectivity index (χ1n) is 7.37. The summed E-state index contributed by atoms with van der Waals surface area (Å²) in [7, 11) is 0. The second-order valence-electron chi connectivity index (χ2n) is 5.26. The smallest absolute Gasteiger partial charge is 0.129 e. The summed E-state index contributed by atoms with van der Waals surface area (Å²) in [4.78, 5) is 0.373. The van der Waals surface area contributed by atoms with E-state index in [9.17, 15) is 0 Å². The van der Waals surface area contributed by atoms with Gasteiger partial charge in [0, 0.05) is 19.6 Å². The van der Waals surface area contributed by atoms with Gasteiger partial charge in [-0.3, -0.25) is 0 Å². The van der Waals surface area contributed by atoms with E-state index in [0.29, 0.717) is 11.6 Å². The maximum absolute atomic E-state index is 5.71. The zero-order chi connectivity index (χ0) is 14.2. The summed E-state index contributed by atoms with van der Waals surface area (Å²) in [5, 5.41) is 0. The summed E-state index contributed by atoms with van der Waals surface area (Å²) < 4.78 is 11.3. The predicted molar refractivity (Wildman–Crippen MR) is 85.2 cm³/mol. The molecule has 1 aromatic rings. The van der Waals surface area contributed by atoms with E-state index in [2.05, 4.69) is 0 Å². The van der Waals surface area contributed by atoms with Crippen molar-refractivity contribution in [1.82, 2.24) is 0 Å². The Labute approximate surface area is 126 Å². The van der Waals surface area contributed by atoms with Crippen molar-refractivity contribution in [2.45, 2.75) is 32.1 Å². The van der Waals surface area contributed by atoms with Gasteiger partial charge in [0.1, 0.15) is 10.7 Å². The first-order valence-corrected chi connectivity index (χ1v) is 7.77. The maximum atomic E-state index is 5.71. The molecule has 0 aromatic heterocycles. The van der Waals surface area contributed by atoms with Crippen molar-refractivity contribution in [1.29, 1.82) is 0 Å². The fourth-order valence-electron chi connectivity index (χ4n) is 2.27. The molecule has 0 amide bonds. The Hall–Kier alpha value is -1.13. The third-order valence-corrected chi connectivity index (χ3v) is 3.96. The lowest BCUT2D eigenvalue weighted by Gasteiger charge is -2.24. The van der Waals surface area contributed by atoms with Gasteiger partial charge in [0.25, 0.3) is 0 Å². The molecule has 0 unspecified atom stereocenters. The molecule has 0 spiro atoms. The quantitative estimate of drug-likeness (QED) is 0.560. The van der Waals surface area contributed by atoms with Crippen LogP contribution in [0.15, 0.2) is 24.3 Å². The lowest BCUT2D eigenvalue weighted by atomic mass is 9.83. The zero-order valence-electron chi connectivity index (χ0n) is 11.8. The molecule has 1 aliphatic rings. The number of hydrogen-bond acceptors (Lipinski definition) is 3. The highest BCUT2D eigenvalue weighted by molar-refractivity contribution is 7.80. The molecule has 2 N–H and O–H groups in total. The summed E-state index contributed by atoms with van der Waals surface area (Å²) in [6, 6.07) is 7.61.